The molecule has 2 saturated heterocycles. The number of methoxy groups -OCH3 is 2. The summed E-state index contributed by atoms with van der Waals surface area (Å²) in [5.74, 6) is -0.932. The molecule has 6 rings (SSSR count). The van der Waals surface area contributed by atoms with Crippen molar-refractivity contribution in [2.75, 3.05) is 34.2 Å². The third kappa shape index (κ3) is 4.08. The molecule has 216 valence electrons. The van der Waals surface area contributed by atoms with E-state index in [0.717, 1.165) is 0 Å². The zero-order valence-electron chi connectivity index (χ0n) is 21.7. The highest BCUT2D eigenvalue weighted by atomic mass is 16.7. The Morgan fingerprint density at radius 3 is 2.38 bits per heavy atom. The lowest BCUT2D eigenvalue weighted by Gasteiger charge is -2.40. The first kappa shape index (κ1) is 26.7. The van der Waals surface area contributed by atoms with Gasteiger partial charge in [-0.2, -0.15) is 0 Å². The lowest BCUT2D eigenvalue weighted by atomic mass is 9.67. The zero-order valence-corrected chi connectivity index (χ0v) is 21.7. The predicted molar refractivity (Wildman–Crippen MR) is 132 cm³/mol. The van der Waals surface area contributed by atoms with Gasteiger partial charge in [-0.05, 0) is 35.7 Å². The first-order valence-corrected chi connectivity index (χ1v) is 12.8. The van der Waals surface area contributed by atoms with Crippen LogP contribution in [0, 0.1) is 11.8 Å². The highest BCUT2D eigenvalue weighted by Crippen LogP contribution is 2.56. The van der Waals surface area contributed by atoms with Crippen LogP contribution in [0.5, 0.6) is 34.5 Å². The smallest absolute Gasteiger partial charge is 0.310 e. The van der Waals surface area contributed by atoms with Crippen LogP contribution in [0.1, 0.15) is 22.6 Å². The van der Waals surface area contributed by atoms with E-state index < -0.39 is 49.1 Å². The van der Waals surface area contributed by atoms with Gasteiger partial charge < -0.3 is 58.7 Å². The normalized spacial score (nSPS) is 32.2. The Kier molecular flexibility index (Phi) is 6.79. The number of phenols is 1. The summed E-state index contributed by atoms with van der Waals surface area (Å²) in [6.07, 6.45) is -7.15. The van der Waals surface area contributed by atoms with Crippen LogP contribution in [0.2, 0.25) is 0 Å². The molecule has 0 saturated carbocycles. The summed E-state index contributed by atoms with van der Waals surface area (Å²) in [5, 5.41) is 51.3. The summed E-state index contributed by atoms with van der Waals surface area (Å²) in [5.41, 5.74) is 1.90. The largest absolute Gasteiger partial charge is 0.502 e. The van der Waals surface area contributed by atoms with Crippen molar-refractivity contribution < 1.29 is 63.5 Å². The average Bonchev–Trinajstić information content (AvgIpc) is 3.58. The van der Waals surface area contributed by atoms with Crippen LogP contribution in [0.3, 0.4) is 0 Å². The van der Waals surface area contributed by atoms with Crippen molar-refractivity contribution in [2.24, 2.45) is 11.8 Å². The molecule has 4 aliphatic rings. The molecule has 40 heavy (non-hydrogen) atoms. The molecule has 8 atom stereocenters. The summed E-state index contributed by atoms with van der Waals surface area (Å²) < 4.78 is 39.4. The van der Waals surface area contributed by atoms with E-state index in [1.165, 1.54) is 14.2 Å². The van der Waals surface area contributed by atoms with E-state index in [-0.39, 0.29) is 54.0 Å². The first-order valence-electron chi connectivity index (χ1n) is 12.8. The predicted octanol–water partition coefficient (Wildman–Crippen LogP) is -0.206. The Bertz CT molecular complexity index is 1280. The van der Waals surface area contributed by atoms with Crippen LogP contribution >= 0.6 is 0 Å². The van der Waals surface area contributed by atoms with Crippen LogP contribution in [-0.4, -0.2) is 96.4 Å². The standard InChI is InChI=1S/C27H30O13/c1-34-14-4-10(5-15(35-2)20(14)29)18-12-6-16-25(38-9-37-16)24(13(12)3-11-8-36-26(33)19(11)18)40-27-23(32)22(31)21(30)17(7-28)39-27/h4-6,11,17-19,21-23,27-32H,3,7-9H2,1-2H3/t11-,17+,18+,19-,21+,22-,23+,27-/m1/s1. The average molecular weight is 563 g/mol. The van der Waals surface area contributed by atoms with Crippen LogP contribution in [-0.2, 0) is 20.7 Å². The molecule has 1 aliphatic carbocycles. The van der Waals surface area contributed by atoms with E-state index >= 15 is 0 Å². The minimum atomic E-state index is -1.65. The van der Waals surface area contributed by atoms with Gasteiger partial charge in [0.1, 0.15) is 24.4 Å². The second-order valence-corrected chi connectivity index (χ2v) is 10.2. The molecule has 0 bridgehead atoms. The van der Waals surface area contributed by atoms with Crippen LogP contribution in [0.25, 0.3) is 0 Å². The number of phenolic OH excluding ortho intramolecular Hbond substituents is 1. The number of aliphatic hydroxyl groups excluding tert-OH is 4. The van der Waals surface area contributed by atoms with Gasteiger partial charge in [-0.15, -0.1) is 0 Å². The van der Waals surface area contributed by atoms with E-state index in [2.05, 4.69) is 0 Å². The molecule has 13 heteroatoms. The van der Waals surface area contributed by atoms with Gasteiger partial charge in [-0.25, -0.2) is 0 Å². The monoisotopic (exact) mass is 562 g/mol. The number of hydrogen-bond acceptors (Lipinski definition) is 13. The number of carbonyl (C=O) groups is 1. The van der Waals surface area contributed by atoms with Gasteiger partial charge in [0.15, 0.2) is 23.0 Å². The molecule has 0 amide bonds. The van der Waals surface area contributed by atoms with Crippen LogP contribution in [0.15, 0.2) is 18.2 Å². The van der Waals surface area contributed by atoms with E-state index in [9.17, 15) is 30.3 Å². The lowest BCUT2D eigenvalue weighted by Crippen LogP contribution is -2.60. The number of carbonyl (C=O) groups excluding carboxylic acids is 1. The van der Waals surface area contributed by atoms with Crippen molar-refractivity contribution >= 4 is 5.97 Å². The molecular weight excluding hydrogens is 532 g/mol. The summed E-state index contributed by atoms with van der Waals surface area (Å²) in [6, 6.07) is 5.02. The van der Waals surface area contributed by atoms with E-state index in [1.807, 2.05) is 0 Å². The number of cyclic esters (lactones) is 1. The van der Waals surface area contributed by atoms with E-state index in [4.69, 9.17) is 33.2 Å². The van der Waals surface area contributed by atoms with Crippen molar-refractivity contribution in [3.05, 3.63) is 34.9 Å². The van der Waals surface area contributed by atoms with E-state index in [0.29, 0.717) is 28.9 Å². The summed E-state index contributed by atoms with van der Waals surface area (Å²) in [7, 11) is 2.81. The summed E-state index contributed by atoms with van der Waals surface area (Å²) in [6.45, 7) is -0.561. The van der Waals surface area contributed by atoms with Crippen LogP contribution in [0.4, 0.5) is 0 Å². The van der Waals surface area contributed by atoms with Crippen molar-refractivity contribution in [2.45, 2.75) is 43.0 Å². The molecular formula is C27H30O13. The molecule has 3 aliphatic heterocycles. The van der Waals surface area contributed by atoms with Gasteiger partial charge in [0, 0.05) is 17.4 Å². The molecule has 13 nitrogen and oxygen atoms in total. The van der Waals surface area contributed by atoms with Crippen LogP contribution < -0.4 is 23.7 Å². The topological polar surface area (TPSA) is 183 Å². The minimum Gasteiger partial charge on any atom is -0.502 e. The fourth-order valence-electron chi connectivity index (χ4n) is 6.07. The van der Waals surface area contributed by atoms with Gasteiger partial charge in [-0.3, -0.25) is 4.79 Å². The van der Waals surface area contributed by atoms with Gasteiger partial charge in [0.05, 0.1) is 33.4 Å². The van der Waals surface area contributed by atoms with E-state index in [1.54, 1.807) is 18.2 Å². The number of fused-ring (bicyclic) bond motifs is 3. The second-order valence-electron chi connectivity index (χ2n) is 10.2. The highest BCUT2D eigenvalue weighted by Gasteiger charge is 2.51. The van der Waals surface area contributed by atoms with Gasteiger partial charge in [0.2, 0.25) is 24.6 Å². The number of aliphatic hydroxyl groups is 4. The molecule has 0 spiro atoms. The number of rotatable bonds is 6. The summed E-state index contributed by atoms with van der Waals surface area (Å²) in [4.78, 5) is 13.0. The molecule has 0 unspecified atom stereocenters. The van der Waals surface area contributed by atoms with Crippen molar-refractivity contribution in [1.29, 1.82) is 0 Å². The molecule has 3 heterocycles. The maximum atomic E-state index is 13.0. The van der Waals surface area contributed by atoms with Crippen molar-refractivity contribution in [3.63, 3.8) is 0 Å². The molecule has 2 aromatic rings. The number of esters is 1. The Hall–Kier alpha value is -3.49. The minimum absolute atomic E-state index is 0.107. The Labute approximate surface area is 228 Å². The van der Waals surface area contributed by atoms with Gasteiger partial charge in [-0.1, -0.05) is 0 Å². The lowest BCUT2D eigenvalue weighted by molar-refractivity contribution is -0.277. The number of hydrogen-bond donors (Lipinski definition) is 5. The first-order chi connectivity index (χ1) is 19.3. The molecule has 2 aromatic carbocycles. The summed E-state index contributed by atoms with van der Waals surface area (Å²) >= 11 is 0. The highest BCUT2D eigenvalue weighted by molar-refractivity contribution is 5.79. The quantitative estimate of drug-likeness (QED) is 0.292. The molecule has 0 radical (unpaired) electrons. The SMILES string of the molecule is COc1cc([C@H]2c3cc4c(c(O[C@H]5O[C@@H](CO)[C@H](O)[C@@H](O)[C@@H]5O)c3C[C@@H]3COC(=O)[C@H]32)OCO4)cc(OC)c1O. The zero-order chi connectivity index (χ0) is 28.3. The second kappa shape index (κ2) is 10.2. The molecule has 5 N–H and O–H groups in total. The fourth-order valence-corrected chi connectivity index (χ4v) is 6.07. The third-order valence-corrected chi connectivity index (χ3v) is 8.08. The van der Waals surface area contributed by atoms with Crippen molar-refractivity contribution in [3.8, 4) is 34.5 Å². The molecule has 2 fully saturated rings. The van der Waals surface area contributed by atoms with Crippen molar-refractivity contribution in [1.82, 2.24) is 0 Å². The maximum absolute atomic E-state index is 13.0. The van der Waals surface area contributed by atoms with Gasteiger partial charge >= 0.3 is 5.97 Å². The number of benzene rings is 2. The maximum Gasteiger partial charge on any atom is 0.310 e. The third-order valence-electron chi connectivity index (χ3n) is 8.08. The van der Waals surface area contributed by atoms with Gasteiger partial charge in [0.25, 0.3) is 0 Å². The fraction of sp³-hybridized carbons (Fsp3) is 0.519. The Morgan fingerprint density at radius 2 is 1.70 bits per heavy atom. The number of ether oxygens (including phenoxy) is 7. The Balaban J connectivity index is 1.50. The number of aromatic hydroxyl groups is 1. The molecule has 0 aromatic heterocycles. The Morgan fingerprint density at radius 1 is 0.975 bits per heavy atom.